The Balaban J connectivity index is 1.93. The molecule has 0 atom stereocenters. The van der Waals surface area contributed by atoms with Gasteiger partial charge in [-0.25, -0.2) is 4.79 Å². The number of unbranched alkanes of at least 4 members (excludes halogenated alkanes) is 1. The van der Waals surface area contributed by atoms with Crippen molar-refractivity contribution < 1.29 is 19.7 Å². The summed E-state index contributed by atoms with van der Waals surface area (Å²) in [4.78, 5) is 12.1. The van der Waals surface area contributed by atoms with E-state index in [0.717, 1.165) is 18.4 Å². The standard InChI is InChI=1S/C27H39NO4/c1-5-6-7-21-8-12-23(13-9-21)18-24-14-10-22(11-15-24)16-17-27(19-29,20-30)28-25(31)32-26(2,3)4/h8-15,29-30H,5-7,16-20H2,1-4H3,(H,28,31). The van der Waals surface area contributed by atoms with Gasteiger partial charge in [0.25, 0.3) is 0 Å². The van der Waals surface area contributed by atoms with Crippen LogP contribution >= 0.6 is 0 Å². The number of nitrogens with one attached hydrogen (secondary N) is 1. The zero-order chi connectivity index (χ0) is 23.6. The summed E-state index contributed by atoms with van der Waals surface area (Å²) in [6.07, 6.45) is 4.83. The van der Waals surface area contributed by atoms with E-state index in [0.29, 0.717) is 12.8 Å². The predicted octanol–water partition coefficient (Wildman–Crippen LogP) is 4.80. The van der Waals surface area contributed by atoms with Crippen molar-refractivity contribution in [2.45, 2.75) is 77.4 Å². The molecule has 5 nitrogen and oxygen atoms in total. The molecule has 0 aliphatic rings. The van der Waals surface area contributed by atoms with Crippen LogP contribution in [0.5, 0.6) is 0 Å². The number of aryl methyl sites for hydroxylation is 2. The third-order valence-corrected chi connectivity index (χ3v) is 5.54. The number of hydrogen-bond acceptors (Lipinski definition) is 4. The topological polar surface area (TPSA) is 78.8 Å². The molecule has 0 fully saturated rings. The summed E-state index contributed by atoms with van der Waals surface area (Å²) in [6, 6.07) is 17.2. The number of amides is 1. The Kier molecular flexibility index (Phi) is 9.73. The smallest absolute Gasteiger partial charge is 0.408 e. The summed E-state index contributed by atoms with van der Waals surface area (Å²) in [5.41, 5.74) is 3.23. The maximum absolute atomic E-state index is 12.1. The molecule has 32 heavy (non-hydrogen) atoms. The lowest BCUT2D eigenvalue weighted by Crippen LogP contribution is -2.55. The third kappa shape index (κ3) is 8.64. The van der Waals surface area contributed by atoms with Gasteiger partial charge in [-0.3, -0.25) is 0 Å². The fourth-order valence-corrected chi connectivity index (χ4v) is 3.52. The monoisotopic (exact) mass is 441 g/mol. The highest BCUT2D eigenvalue weighted by Gasteiger charge is 2.32. The van der Waals surface area contributed by atoms with Crippen LogP contribution in [-0.4, -0.2) is 40.7 Å². The van der Waals surface area contributed by atoms with Crippen LogP contribution in [-0.2, 0) is 24.0 Å². The fraction of sp³-hybridized carbons (Fsp3) is 0.519. The summed E-state index contributed by atoms with van der Waals surface area (Å²) in [6.45, 7) is 6.80. The van der Waals surface area contributed by atoms with E-state index in [1.807, 2.05) is 0 Å². The van der Waals surface area contributed by atoms with E-state index in [2.05, 4.69) is 60.8 Å². The largest absolute Gasteiger partial charge is 0.444 e. The van der Waals surface area contributed by atoms with Crippen molar-refractivity contribution in [2.24, 2.45) is 0 Å². The number of rotatable bonds is 11. The van der Waals surface area contributed by atoms with Crippen molar-refractivity contribution in [1.29, 1.82) is 0 Å². The van der Waals surface area contributed by atoms with E-state index >= 15 is 0 Å². The van der Waals surface area contributed by atoms with Crippen LogP contribution in [0, 0.1) is 0 Å². The molecule has 0 radical (unpaired) electrons. The van der Waals surface area contributed by atoms with Crippen LogP contribution in [0.4, 0.5) is 4.79 Å². The molecule has 0 unspecified atom stereocenters. The predicted molar refractivity (Wildman–Crippen MR) is 129 cm³/mol. The molecule has 0 aliphatic carbocycles. The molecular weight excluding hydrogens is 402 g/mol. The highest BCUT2D eigenvalue weighted by atomic mass is 16.6. The van der Waals surface area contributed by atoms with E-state index in [9.17, 15) is 15.0 Å². The molecule has 0 spiro atoms. The number of carbonyl (C=O) groups is 1. The maximum atomic E-state index is 12.1. The summed E-state index contributed by atoms with van der Waals surface area (Å²) in [5.74, 6) is 0. The van der Waals surface area contributed by atoms with Crippen LogP contribution in [0.1, 0.15) is 69.2 Å². The molecule has 2 aromatic carbocycles. The minimum atomic E-state index is -1.12. The van der Waals surface area contributed by atoms with E-state index in [1.165, 1.54) is 29.5 Å². The molecular formula is C27H39NO4. The van der Waals surface area contributed by atoms with Crippen LogP contribution in [0.25, 0.3) is 0 Å². The summed E-state index contributed by atoms with van der Waals surface area (Å²) >= 11 is 0. The Bertz CT molecular complexity index is 818. The van der Waals surface area contributed by atoms with Gasteiger partial charge in [0.2, 0.25) is 0 Å². The molecule has 0 heterocycles. The molecule has 1 amide bonds. The molecule has 0 aromatic heterocycles. The van der Waals surface area contributed by atoms with E-state index in [-0.39, 0.29) is 13.2 Å². The zero-order valence-corrected chi connectivity index (χ0v) is 20.0. The average molecular weight is 442 g/mol. The van der Waals surface area contributed by atoms with Crippen molar-refractivity contribution in [3.8, 4) is 0 Å². The maximum Gasteiger partial charge on any atom is 0.408 e. The first kappa shape index (κ1) is 25.9. The van der Waals surface area contributed by atoms with Crippen molar-refractivity contribution in [3.63, 3.8) is 0 Å². The number of ether oxygens (including phenoxy) is 1. The molecule has 0 bridgehead atoms. The van der Waals surface area contributed by atoms with Gasteiger partial charge in [-0.05, 0) is 75.1 Å². The van der Waals surface area contributed by atoms with Crippen molar-refractivity contribution >= 4 is 6.09 Å². The van der Waals surface area contributed by atoms with Gasteiger partial charge in [0, 0.05) is 0 Å². The van der Waals surface area contributed by atoms with Gasteiger partial charge in [0.05, 0.1) is 18.8 Å². The lowest BCUT2D eigenvalue weighted by Gasteiger charge is -2.32. The second-order valence-corrected chi connectivity index (χ2v) is 9.64. The van der Waals surface area contributed by atoms with E-state index < -0.39 is 17.2 Å². The van der Waals surface area contributed by atoms with E-state index in [1.54, 1.807) is 20.8 Å². The molecule has 2 rings (SSSR count). The molecule has 0 aliphatic heterocycles. The normalized spacial score (nSPS) is 11.9. The molecule has 0 saturated carbocycles. The minimum Gasteiger partial charge on any atom is -0.444 e. The minimum absolute atomic E-state index is 0.366. The fourth-order valence-electron chi connectivity index (χ4n) is 3.52. The first-order valence-corrected chi connectivity index (χ1v) is 11.6. The van der Waals surface area contributed by atoms with Crippen molar-refractivity contribution in [3.05, 3.63) is 70.8 Å². The van der Waals surface area contributed by atoms with Crippen LogP contribution in [0.2, 0.25) is 0 Å². The number of alkyl carbamates (subject to hydrolysis) is 1. The molecule has 0 saturated heterocycles. The lowest BCUT2D eigenvalue weighted by molar-refractivity contribution is 0.0276. The average Bonchev–Trinajstić information content (AvgIpc) is 2.76. The quantitative estimate of drug-likeness (QED) is 0.468. The Morgan fingerprint density at radius 3 is 1.75 bits per heavy atom. The number of aliphatic hydroxyl groups excluding tert-OH is 2. The molecule has 2 aromatic rings. The summed E-state index contributed by atoms with van der Waals surface area (Å²) in [7, 11) is 0. The summed E-state index contributed by atoms with van der Waals surface area (Å²) < 4.78 is 5.28. The van der Waals surface area contributed by atoms with Crippen LogP contribution < -0.4 is 5.32 Å². The van der Waals surface area contributed by atoms with Gasteiger partial charge >= 0.3 is 6.09 Å². The number of carbonyl (C=O) groups excluding carboxylic acids is 1. The Morgan fingerprint density at radius 1 is 0.844 bits per heavy atom. The Morgan fingerprint density at radius 2 is 1.31 bits per heavy atom. The number of benzene rings is 2. The first-order valence-electron chi connectivity index (χ1n) is 11.6. The van der Waals surface area contributed by atoms with Gasteiger partial charge in [-0.1, -0.05) is 61.9 Å². The van der Waals surface area contributed by atoms with E-state index in [4.69, 9.17) is 4.74 Å². The zero-order valence-electron chi connectivity index (χ0n) is 20.0. The van der Waals surface area contributed by atoms with Crippen LogP contribution in [0.15, 0.2) is 48.5 Å². The van der Waals surface area contributed by atoms with Crippen molar-refractivity contribution in [2.75, 3.05) is 13.2 Å². The Labute approximate surface area is 192 Å². The van der Waals surface area contributed by atoms with Crippen molar-refractivity contribution in [1.82, 2.24) is 5.32 Å². The lowest BCUT2D eigenvalue weighted by atomic mass is 9.92. The highest BCUT2D eigenvalue weighted by molar-refractivity contribution is 5.68. The van der Waals surface area contributed by atoms with Gasteiger partial charge in [0.15, 0.2) is 0 Å². The van der Waals surface area contributed by atoms with Crippen LogP contribution in [0.3, 0.4) is 0 Å². The highest BCUT2D eigenvalue weighted by Crippen LogP contribution is 2.18. The Hall–Kier alpha value is -2.37. The van der Waals surface area contributed by atoms with Gasteiger partial charge in [-0.15, -0.1) is 0 Å². The molecule has 3 N–H and O–H groups in total. The number of hydrogen-bond donors (Lipinski definition) is 3. The van der Waals surface area contributed by atoms with Gasteiger partial charge in [0.1, 0.15) is 5.60 Å². The third-order valence-electron chi connectivity index (χ3n) is 5.54. The molecule has 176 valence electrons. The molecule has 5 heteroatoms. The SMILES string of the molecule is CCCCc1ccc(Cc2ccc(CCC(CO)(CO)NC(=O)OC(C)(C)C)cc2)cc1. The summed E-state index contributed by atoms with van der Waals surface area (Å²) in [5, 5.41) is 22.4. The van der Waals surface area contributed by atoms with Gasteiger partial charge < -0.3 is 20.3 Å². The second kappa shape index (κ2) is 12.0. The first-order chi connectivity index (χ1) is 15.2. The second-order valence-electron chi connectivity index (χ2n) is 9.64. The number of aliphatic hydroxyl groups is 2. The van der Waals surface area contributed by atoms with Gasteiger partial charge in [-0.2, -0.15) is 0 Å².